The number of fused-ring (bicyclic) bond motifs is 5. The van der Waals surface area contributed by atoms with Gasteiger partial charge in [-0.1, -0.05) is 44.1 Å². The van der Waals surface area contributed by atoms with Crippen LogP contribution in [0.2, 0.25) is 0 Å². The summed E-state index contributed by atoms with van der Waals surface area (Å²) >= 11 is 0. The summed E-state index contributed by atoms with van der Waals surface area (Å²) in [5.74, 6) is 0.681. The lowest BCUT2D eigenvalue weighted by Crippen LogP contribution is -2.45. The summed E-state index contributed by atoms with van der Waals surface area (Å²) in [6.07, 6.45) is 12.8. The number of carbonyl (C=O) groups excluding carboxylic acids is 3. The average molecular weight is 399 g/mol. The maximum Gasteiger partial charge on any atom is 0.303 e. The number of hydrogen-bond donors (Lipinski definition) is 0. The Kier molecular flexibility index (Phi) is 6.03. The molecule has 0 aromatic heterocycles. The van der Waals surface area contributed by atoms with Crippen LogP contribution in [0.5, 0.6) is 0 Å². The Morgan fingerprint density at radius 3 is 2.59 bits per heavy atom. The average Bonchev–Trinajstić information content (AvgIpc) is 3.05. The van der Waals surface area contributed by atoms with Gasteiger partial charge in [-0.15, -0.1) is 0 Å². The molecule has 5 atom stereocenters. The van der Waals surface area contributed by atoms with E-state index < -0.39 is 5.97 Å². The minimum absolute atomic E-state index is 0.0344. The molecule has 4 heteroatoms. The van der Waals surface area contributed by atoms with E-state index in [1.54, 1.807) is 6.08 Å². The molecule has 0 saturated heterocycles. The molecule has 0 spiro atoms. The van der Waals surface area contributed by atoms with Crippen LogP contribution in [0.15, 0.2) is 35.5 Å². The van der Waals surface area contributed by atoms with Gasteiger partial charge >= 0.3 is 5.97 Å². The first-order valence-corrected chi connectivity index (χ1v) is 11.1. The van der Waals surface area contributed by atoms with Gasteiger partial charge in [0.25, 0.3) is 0 Å². The van der Waals surface area contributed by atoms with Crippen molar-refractivity contribution in [1.82, 2.24) is 0 Å². The van der Waals surface area contributed by atoms with Gasteiger partial charge in [0.1, 0.15) is 6.61 Å². The molecule has 0 radical (unpaired) electrons. The summed E-state index contributed by atoms with van der Waals surface area (Å²) in [7, 11) is 0. The second kappa shape index (κ2) is 8.04. The third kappa shape index (κ3) is 3.55. The summed E-state index contributed by atoms with van der Waals surface area (Å²) in [6, 6.07) is 0. The topological polar surface area (TPSA) is 60.4 Å². The van der Waals surface area contributed by atoms with Gasteiger partial charge in [-0.3, -0.25) is 14.4 Å². The molecule has 4 aliphatic carbocycles. The van der Waals surface area contributed by atoms with E-state index in [0.29, 0.717) is 11.8 Å². The Morgan fingerprint density at radius 1 is 1.17 bits per heavy atom. The molecule has 29 heavy (non-hydrogen) atoms. The lowest BCUT2D eigenvalue weighted by molar-refractivity contribution is -0.148. The highest BCUT2D eigenvalue weighted by Gasteiger charge is 2.56. The molecule has 0 heterocycles. The first kappa shape index (κ1) is 21.7. The highest BCUT2D eigenvalue weighted by molar-refractivity contribution is 6.01. The molecule has 4 aliphatic rings. The van der Waals surface area contributed by atoms with Crippen LogP contribution < -0.4 is 0 Å². The van der Waals surface area contributed by atoms with Crippen molar-refractivity contribution in [3.63, 3.8) is 0 Å². The minimum Gasteiger partial charge on any atom is -0.458 e. The Hall–Kier alpha value is -1.97. The number of ether oxygens (including phenoxy) is 1. The molecule has 0 aromatic carbocycles. The van der Waals surface area contributed by atoms with Gasteiger partial charge < -0.3 is 4.74 Å². The Labute approximate surface area is 174 Å². The van der Waals surface area contributed by atoms with Gasteiger partial charge in [-0.25, -0.2) is 0 Å². The van der Waals surface area contributed by atoms with Crippen molar-refractivity contribution in [2.45, 2.75) is 66.7 Å². The van der Waals surface area contributed by atoms with Crippen LogP contribution in [-0.2, 0) is 19.1 Å². The van der Waals surface area contributed by atoms with Crippen LogP contribution in [0.4, 0.5) is 0 Å². The second-order valence-corrected chi connectivity index (χ2v) is 9.11. The van der Waals surface area contributed by atoms with Gasteiger partial charge in [-0.05, 0) is 68.4 Å². The highest BCUT2D eigenvalue weighted by atomic mass is 16.5. The number of rotatable bonds is 3. The zero-order chi connectivity index (χ0) is 21.4. The summed E-state index contributed by atoms with van der Waals surface area (Å²) in [5, 5.41) is 0. The predicted molar refractivity (Wildman–Crippen MR) is 113 cm³/mol. The number of esters is 1. The number of carbonyl (C=O) groups is 3. The van der Waals surface area contributed by atoms with Crippen molar-refractivity contribution < 1.29 is 19.1 Å². The Bertz CT molecular complexity index is 802. The van der Waals surface area contributed by atoms with Crippen LogP contribution in [0, 0.1) is 28.6 Å². The molecule has 0 bridgehead atoms. The van der Waals surface area contributed by atoms with E-state index in [9.17, 15) is 14.4 Å². The fraction of sp³-hybridized carbons (Fsp3) is 0.640. The molecule has 4 nitrogen and oxygen atoms in total. The van der Waals surface area contributed by atoms with Crippen molar-refractivity contribution >= 4 is 17.5 Å². The van der Waals surface area contributed by atoms with Crippen molar-refractivity contribution in [3.8, 4) is 0 Å². The van der Waals surface area contributed by atoms with Gasteiger partial charge in [0, 0.05) is 18.3 Å². The van der Waals surface area contributed by atoms with E-state index in [2.05, 4.69) is 26.0 Å². The quantitative estimate of drug-likeness (QED) is 0.496. The van der Waals surface area contributed by atoms with Gasteiger partial charge in [0.05, 0.1) is 0 Å². The van der Waals surface area contributed by atoms with Gasteiger partial charge in [0.15, 0.2) is 11.6 Å². The van der Waals surface area contributed by atoms with E-state index in [1.807, 2.05) is 19.9 Å². The summed E-state index contributed by atoms with van der Waals surface area (Å²) in [4.78, 5) is 35.7. The van der Waals surface area contributed by atoms with Crippen LogP contribution in [-0.4, -0.2) is 24.1 Å². The van der Waals surface area contributed by atoms with Crippen LogP contribution >= 0.6 is 0 Å². The summed E-state index contributed by atoms with van der Waals surface area (Å²) in [5.41, 5.74) is 2.48. The van der Waals surface area contributed by atoms with E-state index in [4.69, 9.17) is 4.74 Å². The summed E-state index contributed by atoms with van der Waals surface area (Å²) in [6.45, 7) is 9.74. The van der Waals surface area contributed by atoms with E-state index >= 15 is 0 Å². The molecule has 2 fully saturated rings. The fourth-order valence-electron chi connectivity index (χ4n) is 6.32. The smallest absolute Gasteiger partial charge is 0.303 e. The standard InChI is InChI=1S/C23H28O4.C2H6/c1-14(24)27-13-21(26)20-7-6-18-17-5-4-15-12-16(25)8-10-22(15,2)19(17)9-11-23(18,20)3;1-2/h8-10,12,17-18,20H,4-7,11,13H2,1-3H3;1-2H3. The molecule has 2 saturated carbocycles. The predicted octanol–water partition coefficient (Wildman–Crippen LogP) is 4.99. The zero-order valence-electron chi connectivity index (χ0n) is 18.4. The third-order valence-electron chi connectivity index (χ3n) is 7.75. The third-order valence-corrected chi connectivity index (χ3v) is 7.75. The SMILES string of the molecule is CC.CC(=O)OCC(=O)C1CCC2C3CCC4=CC(=O)C=CC4(C)C3=CCC12C. The van der Waals surface area contributed by atoms with Gasteiger partial charge in [0.2, 0.25) is 0 Å². The number of Topliss-reactive ketones (excluding diaryl/α,β-unsaturated/α-hetero) is 1. The van der Waals surface area contributed by atoms with Crippen LogP contribution in [0.25, 0.3) is 0 Å². The molecule has 158 valence electrons. The van der Waals surface area contributed by atoms with Crippen molar-refractivity contribution in [1.29, 1.82) is 0 Å². The Morgan fingerprint density at radius 2 is 1.90 bits per heavy atom. The van der Waals surface area contributed by atoms with Crippen molar-refractivity contribution in [3.05, 3.63) is 35.5 Å². The molecule has 0 amide bonds. The van der Waals surface area contributed by atoms with E-state index in [-0.39, 0.29) is 34.9 Å². The molecular weight excluding hydrogens is 364 g/mol. The van der Waals surface area contributed by atoms with Gasteiger partial charge in [-0.2, -0.15) is 0 Å². The van der Waals surface area contributed by atoms with E-state index in [1.165, 1.54) is 18.1 Å². The largest absolute Gasteiger partial charge is 0.458 e. The minimum atomic E-state index is -0.396. The fourth-order valence-corrected chi connectivity index (χ4v) is 6.32. The van der Waals surface area contributed by atoms with Crippen molar-refractivity contribution in [2.75, 3.05) is 6.61 Å². The van der Waals surface area contributed by atoms with E-state index in [0.717, 1.165) is 32.1 Å². The highest BCUT2D eigenvalue weighted by Crippen LogP contribution is 2.63. The lowest BCUT2D eigenvalue weighted by atomic mass is 9.52. The summed E-state index contributed by atoms with van der Waals surface area (Å²) < 4.78 is 4.99. The number of allylic oxidation sites excluding steroid dienone is 6. The lowest BCUT2D eigenvalue weighted by Gasteiger charge is -2.52. The molecule has 4 rings (SSSR count). The molecule has 0 aliphatic heterocycles. The second-order valence-electron chi connectivity index (χ2n) is 9.11. The molecule has 0 aromatic rings. The monoisotopic (exact) mass is 398 g/mol. The Balaban J connectivity index is 0.00000117. The maximum absolute atomic E-state index is 12.7. The normalized spacial score (nSPS) is 37.1. The first-order chi connectivity index (χ1) is 13.8. The first-order valence-electron chi connectivity index (χ1n) is 11.1. The number of hydrogen-bond acceptors (Lipinski definition) is 4. The maximum atomic E-state index is 12.7. The van der Waals surface area contributed by atoms with Crippen LogP contribution in [0.3, 0.4) is 0 Å². The molecule has 0 N–H and O–H groups in total. The molecule has 5 unspecified atom stereocenters. The molecular formula is C25H34O4. The number of ketones is 2. The van der Waals surface area contributed by atoms with Crippen molar-refractivity contribution in [2.24, 2.45) is 28.6 Å². The zero-order valence-corrected chi connectivity index (χ0v) is 18.4. The van der Waals surface area contributed by atoms with Crippen LogP contribution in [0.1, 0.15) is 66.7 Å².